The van der Waals surface area contributed by atoms with Gasteiger partial charge in [0.15, 0.2) is 5.78 Å². The Hall–Kier alpha value is -1.35. The molecule has 0 bridgehead atoms. The zero-order valence-corrected chi connectivity index (χ0v) is 15.7. The first-order valence-electron chi connectivity index (χ1n) is 9.09. The Balaban J connectivity index is 2.01. The van der Waals surface area contributed by atoms with E-state index >= 15 is 0 Å². The second-order valence-corrected chi connectivity index (χ2v) is 9.35. The molecule has 3 rings (SSSR count). The van der Waals surface area contributed by atoms with Crippen molar-refractivity contribution in [1.29, 1.82) is 0 Å². The highest BCUT2D eigenvalue weighted by molar-refractivity contribution is 5.97. The number of ether oxygens (including phenoxy) is 1. The van der Waals surface area contributed by atoms with Gasteiger partial charge in [0.1, 0.15) is 5.75 Å². The standard InChI is InChI=1S/C21H30O3/c1-19(2,3)15-10-14(11-16-18(15)24-13-20(16,4)5)17(22)12-21(23)8-6-7-9-21/h10-11,23H,6-9,12-13H2,1-5H3. The van der Waals surface area contributed by atoms with Crippen LogP contribution in [0.5, 0.6) is 5.75 Å². The lowest BCUT2D eigenvalue weighted by molar-refractivity contribution is 0.0366. The Bertz CT molecular complexity index is 658. The van der Waals surface area contributed by atoms with E-state index < -0.39 is 5.60 Å². The quantitative estimate of drug-likeness (QED) is 0.828. The van der Waals surface area contributed by atoms with Crippen molar-refractivity contribution in [3.05, 3.63) is 28.8 Å². The molecule has 1 aliphatic carbocycles. The predicted molar refractivity (Wildman–Crippen MR) is 96.0 cm³/mol. The van der Waals surface area contributed by atoms with Crippen LogP contribution >= 0.6 is 0 Å². The van der Waals surface area contributed by atoms with Crippen molar-refractivity contribution < 1.29 is 14.6 Å². The fraction of sp³-hybridized carbons (Fsp3) is 0.667. The predicted octanol–water partition coefficient (Wildman–Crippen LogP) is 4.53. The van der Waals surface area contributed by atoms with Crippen LogP contribution in [-0.4, -0.2) is 23.1 Å². The Kier molecular flexibility index (Phi) is 4.07. The van der Waals surface area contributed by atoms with Crippen LogP contribution in [0.25, 0.3) is 0 Å². The average Bonchev–Trinajstić information content (AvgIpc) is 3.01. The largest absolute Gasteiger partial charge is 0.492 e. The van der Waals surface area contributed by atoms with Gasteiger partial charge in [0.2, 0.25) is 0 Å². The minimum Gasteiger partial charge on any atom is -0.492 e. The lowest BCUT2D eigenvalue weighted by Crippen LogP contribution is -2.28. The number of aliphatic hydroxyl groups is 1. The first-order chi connectivity index (χ1) is 11.0. The van der Waals surface area contributed by atoms with Crippen LogP contribution < -0.4 is 4.74 Å². The van der Waals surface area contributed by atoms with Crippen molar-refractivity contribution in [2.75, 3.05) is 6.61 Å². The molecule has 132 valence electrons. The molecule has 0 unspecified atom stereocenters. The molecule has 0 radical (unpaired) electrons. The number of carbonyl (C=O) groups excluding carboxylic acids is 1. The third kappa shape index (κ3) is 3.11. The number of hydrogen-bond donors (Lipinski definition) is 1. The Morgan fingerprint density at radius 1 is 1.21 bits per heavy atom. The minimum atomic E-state index is -0.802. The van der Waals surface area contributed by atoms with Crippen molar-refractivity contribution in [3.63, 3.8) is 0 Å². The average molecular weight is 330 g/mol. The minimum absolute atomic E-state index is 0.0513. The van der Waals surface area contributed by atoms with Crippen LogP contribution in [0.3, 0.4) is 0 Å². The lowest BCUT2D eigenvalue weighted by atomic mass is 9.78. The summed E-state index contributed by atoms with van der Waals surface area (Å²) in [7, 11) is 0. The van der Waals surface area contributed by atoms with Gasteiger partial charge >= 0.3 is 0 Å². The molecule has 1 aliphatic heterocycles. The second-order valence-electron chi connectivity index (χ2n) is 9.35. The smallest absolute Gasteiger partial charge is 0.165 e. The molecule has 24 heavy (non-hydrogen) atoms. The lowest BCUT2D eigenvalue weighted by Gasteiger charge is -2.25. The van der Waals surface area contributed by atoms with Crippen molar-refractivity contribution in [2.24, 2.45) is 0 Å². The SMILES string of the molecule is CC(C)(C)c1cc(C(=O)CC2(O)CCCC2)cc2c1OCC2(C)C. The summed E-state index contributed by atoms with van der Waals surface area (Å²) in [6, 6.07) is 3.99. The summed E-state index contributed by atoms with van der Waals surface area (Å²) in [5.74, 6) is 0.999. The van der Waals surface area contributed by atoms with Crippen LogP contribution in [0, 0.1) is 0 Å². The molecule has 0 atom stereocenters. The molecule has 3 nitrogen and oxygen atoms in total. The van der Waals surface area contributed by atoms with Crippen molar-refractivity contribution in [1.82, 2.24) is 0 Å². The molecule has 0 aromatic heterocycles. The highest BCUT2D eigenvalue weighted by atomic mass is 16.5. The van der Waals surface area contributed by atoms with Crippen molar-refractivity contribution in [3.8, 4) is 5.75 Å². The van der Waals surface area contributed by atoms with Gasteiger partial charge in [-0.15, -0.1) is 0 Å². The van der Waals surface area contributed by atoms with Crippen LogP contribution in [0.2, 0.25) is 0 Å². The molecule has 1 heterocycles. The summed E-state index contributed by atoms with van der Waals surface area (Å²) in [5, 5.41) is 10.6. The van der Waals surface area contributed by atoms with E-state index in [0.717, 1.165) is 48.1 Å². The number of benzene rings is 1. The van der Waals surface area contributed by atoms with Crippen LogP contribution in [-0.2, 0) is 10.8 Å². The number of Topliss-reactive ketones (excluding diaryl/α,β-unsaturated/α-hetero) is 1. The van der Waals surface area contributed by atoms with E-state index in [2.05, 4.69) is 34.6 Å². The van der Waals surface area contributed by atoms with E-state index in [9.17, 15) is 9.90 Å². The first-order valence-corrected chi connectivity index (χ1v) is 9.09. The molecule has 2 aliphatic rings. The number of fused-ring (bicyclic) bond motifs is 1. The normalized spacial score (nSPS) is 21.4. The van der Waals surface area contributed by atoms with Crippen LogP contribution in [0.4, 0.5) is 0 Å². The molecular weight excluding hydrogens is 300 g/mol. The van der Waals surface area contributed by atoms with Gasteiger partial charge in [-0.05, 0) is 30.4 Å². The van der Waals surface area contributed by atoms with Gasteiger partial charge in [-0.25, -0.2) is 0 Å². The Labute approximate surface area is 145 Å². The van der Waals surface area contributed by atoms with E-state index in [1.54, 1.807) is 0 Å². The first kappa shape index (κ1) is 17.5. The molecule has 0 saturated heterocycles. The topological polar surface area (TPSA) is 46.5 Å². The van der Waals surface area contributed by atoms with E-state index in [0.29, 0.717) is 6.61 Å². The molecule has 0 amide bonds. The fourth-order valence-corrected chi connectivity index (χ4v) is 3.95. The summed E-state index contributed by atoms with van der Waals surface area (Å²) >= 11 is 0. The molecule has 0 spiro atoms. The monoisotopic (exact) mass is 330 g/mol. The van der Waals surface area contributed by atoms with E-state index in [-0.39, 0.29) is 23.0 Å². The van der Waals surface area contributed by atoms with Gasteiger partial charge in [-0.3, -0.25) is 4.79 Å². The molecular formula is C21H30O3. The van der Waals surface area contributed by atoms with Gasteiger partial charge in [-0.2, -0.15) is 0 Å². The Morgan fingerprint density at radius 3 is 2.42 bits per heavy atom. The second kappa shape index (κ2) is 5.59. The molecule has 1 N–H and O–H groups in total. The maximum absolute atomic E-state index is 12.9. The number of carbonyl (C=O) groups is 1. The van der Waals surface area contributed by atoms with Gasteiger partial charge in [0.25, 0.3) is 0 Å². The molecule has 3 heteroatoms. The maximum atomic E-state index is 12.9. The van der Waals surface area contributed by atoms with E-state index in [1.807, 2.05) is 12.1 Å². The highest BCUT2D eigenvalue weighted by Crippen LogP contribution is 2.45. The van der Waals surface area contributed by atoms with E-state index in [1.165, 1.54) is 0 Å². The van der Waals surface area contributed by atoms with Gasteiger partial charge in [-0.1, -0.05) is 47.5 Å². The van der Waals surface area contributed by atoms with Crippen LogP contribution in [0.15, 0.2) is 12.1 Å². The maximum Gasteiger partial charge on any atom is 0.165 e. The van der Waals surface area contributed by atoms with Gasteiger partial charge < -0.3 is 9.84 Å². The summed E-state index contributed by atoms with van der Waals surface area (Å²) in [6.07, 6.45) is 3.75. The van der Waals surface area contributed by atoms with Crippen molar-refractivity contribution in [2.45, 2.75) is 83.2 Å². The Morgan fingerprint density at radius 2 is 1.83 bits per heavy atom. The molecule has 1 saturated carbocycles. The van der Waals surface area contributed by atoms with Gasteiger partial charge in [0, 0.05) is 28.5 Å². The van der Waals surface area contributed by atoms with E-state index in [4.69, 9.17) is 4.74 Å². The summed E-state index contributed by atoms with van der Waals surface area (Å²) < 4.78 is 6.00. The zero-order valence-electron chi connectivity index (χ0n) is 15.7. The van der Waals surface area contributed by atoms with Crippen LogP contribution in [0.1, 0.15) is 88.2 Å². The van der Waals surface area contributed by atoms with Gasteiger partial charge in [0.05, 0.1) is 12.2 Å². The number of ketones is 1. The number of rotatable bonds is 3. The summed E-state index contributed by atoms with van der Waals surface area (Å²) in [6.45, 7) is 11.4. The molecule has 1 aromatic carbocycles. The third-order valence-electron chi connectivity index (χ3n) is 5.55. The summed E-state index contributed by atoms with van der Waals surface area (Å²) in [4.78, 5) is 12.9. The number of hydrogen-bond acceptors (Lipinski definition) is 3. The fourth-order valence-electron chi connectivity index (χ4n) is 3.95. The van der Waals surface area contributed by atoms with Crippen molar-refractivity contribution >= 4 is 5.78 Å². The third-order valence-corrected chi connectivity index (χ3v) is 5.55. The zero-order chi connectivity index (χ0) is 17.8. The highest BCUT2D eigenvalue weighted by Gasteiger charge is 2.38. The summed E-state index contributed by atoms with van der Waals surface area (Å²) in [5.41, 5.74) is 1.95. The molecule has 1 aromatic rings. The molecule has 1 fully saturated rings.